The second-order valence-corrected chi connectivity index (χ2v) is 2.10. The summed E-state index contributed by atoms with van der Waals surface area (Å²) in [4.78, 5) is 0. The number of hydrogen-bond donors (Lipinski definition) is 2. The molecule has 0 atom stereocenters. The van der Waals surface area contributed by atoms with Gasteiger partial charge in [0.15, 0.2) is 0 Å². The molecule has 3 N–H and O–H groups in total. The van der Waals surface area contributed by atoms with Crippen molar-refractivity contribution >= 4 is 5.71 Å². The summed E-state index contributed by atoms with van der Waals surface area (Å²) in [5.74, 6) is 0. The third-order valence-corrected chi connectivity index (χ3v) is 1.44. The number of nitrogens with zero attached hydrogens (tertiary/aromatic N) is 1. The number of rotatable bonds is 0. The van der Waals surface area contributed by atoms with Crippen LogP contribution in [0.25, 0.3) is 0 Å². The second-order valence-electron chi connectivity index (χ2n) is 2.10. The van der Waals surface area contributed by atoms with Crippen LogP contribution < -0.4 is 5.73 Å². The molecule has 3 nitrogen and oxygen atoms in total. The van der Waals surface area contributed by atoms with Gasteiger partial charge in [-0.3, -0.25) is 0 Å². The Hall–Kier alpha value is -0.990. The van der Waals surface area contributed by atoms with Crippen molar-refractivity contribution in [3.05, 3.63) is 11.8 Å². The van der Waals surface area contributed by atoms with E-state index < -0.39 is 0 Å². The van der Waals surface area contributed by atoms with Gasteiger partial charge < -0.3 is 10.9 Å². The van der Waals surface area contributed by atoms with Crippen LogP contribution in [0.4, 0.5) is 0 Å². The second kappa shape index (κ2) is 2.53. The largest absolute Gasteiger partial charge is 0.411 e. The van der Waals surface area contributed by atoms with Crippen LogP contribution in [-0.2, 0) is 0 Å². The molecule has 1 rings (SSSR count). The van der Waals surface area contributed by atoms with E-state index in [1.54, 1.807) is 0 Å². The fraction of sp³-hybridized carbons (Fsp3) is 0.500. The molecule has 0 saturated heterocycles. The fourth-order valence-electron chi connectivity index (χ4n) is 0.897. The van der Waals surface area contributed by atoms with Gasteiger partial charge in [0, 0.05) is 0 Å². The predicted octanol–water partition coefficient (Wildman–Crippen LogP) is 0.843. The first-order chi connectivity index (χ1) is 4.34. The van der Waals surface area contributed by atoms with Gasteiger partial charge in [0.1, 0.15) is 5.71 Å². The molecule has 0 fully saturated rings. The van der Waals surface area contributed by atoms with Crippen molar-refractivity contribution in [1.29, 1.82) is 0 Å². The van der Waals surface area contributed by atoms with Gasteiger partial charge in [0.25, 0.3) is 0 Å². The molecule has 1 aliphatic rings. The maximum absolute atomic E-state index is 8.33. The van der Waals surface area contributed by atoms with Crippen molar-refractivity contribution in [2.45, 2.75) is 19.3 Å². The fourth-order valence-corrected chi connectivity index (χ4v) is 0.897. The topological polar surface area (TPSA) is 58.6 Å². The third-order valence-electron chi connectivity index (χ3n) is 1.44. The van der Waals surface area contributed by atoms with Crippen LogP contribution in [0.5, 0.6) is 0 Å². The highest BCUT2D eigenvalue weighted by molar-refractivity contribution is 5.99. The average Bonchev–Trinajstić information content (AvgIpc) is 1.89. The number of nitrogens with two attached hydrogens (primary N) is 1. The van der Waals surface area contributed by atoms with Gasteiger partial charge in [0.05, 0.1) is 5.70 Å². The van der Waals surface area contributed by atoms with Crippen molar-refractivity contribution in [3.8, 4) is 0 Å². The van der Waals surface area contributed by atoms with Crippen LogP contribution in [0.15, 0.2) is 16.9 Å². The molecule has 0 radical (unpaired) electrons. The minimum absolute atomic E-state index is 0.626. The Labute approximate surface area is 53.9 Å². The van der Waals surface area contributed by atoms with Gasteiger partial charge in [-0.05, 0) is 19.3 Å². The summed E-state index contributed by atoms with van der Waals surface area (Å²) in [5.41, 5.74) is 6.71. The Morgan fingerprint density at radius 3 is 2.89 bits per heavy atom. The summed E-state index contributed by atoms with van der Waals surface area (Å²) in [5, 5.41) is 11.4. The van der Waals surface area contributed by atoms with E-state index in [1.807, 2.05) is 6.08 Å². The molecule has 1 aliphatic carbocycles. The molecular weight excluding hydrogens is 116 g/mol. The predicted molar refractivity (Wildman–Crippen MR) is 35.3 cm³/mol. The van der Waals surface area contributed by atoms with Crippen LogP contribution in [0.1, 0.15) is 19.3 Å². The number of oxime groups is 1. The SMILES string of the molecule is NC1=CCCCC1=NO. The van der Waals surface area contributed by atoms with E-state index in [4.69, 9.17) is 10.9 Å². The summed E-state index contributed by atoms with van der Waals surface area (Å²) in [6.45, 7) is 0. The molecule has 0 aromatic rings. The van der Waals surface area contributed by atoms with E-state index in [-0.39, 0.29) is 0 Å². The molecule has 0 aliphatic heterocycles. The monoisotopic (exact) mass is 126 g/mol. The van der Waals surface area contributed by atoms with Crippen molar-refractivity contribution in [2.24, 2.45) is 10.9 Å². The molecule has 0 amide bonds. The van der Waals surface area contributed by atoms with E-state index in [0.29, 0.717) is 11.4 Å². The third kappa shape index (κ3) is 1.22. The zero-order valence-electron chi connectivity index (χ0n) is 5.17. The molecule has 0 unspecified atom stereocenters. The Morgan fingerprint density at radius 1 is 1.67 bits per heavy atom. The van der Waals surface area contributed by atoms with Crippen LogP contribution in [0, 0.1) is 0 Å². The molecule has 0 bridgehead atoms. The Balaban J connectivity index is 2.73. The first kappa shape index (κ1) is 6.13. The van der Waals surface area contributed by atoms with Crippen LogP contribution in [0.2, 0.25) is 0 Å². The first-order valence-electron chi connectivity index (χ1n) is 3.01. The van der Waals surface area contributed by atoms with E-state index >= 15 is 0 Å². The van der Waals surface area contributed by atoms with Gasteiger partial charge in [-0.2, -0.15) is 0 Å². The first-order valence-corrected chi connectivity index (χ1v) is 3.01. The minimum atomic E-state index is 0.626. The van der Waals surface area contributed by atoms with Crippen LogP contribution >= 0.6 is 0 Å². The summed E-state index contributed by atoms with van der Waals surface area (Å²) in [7, 11) is 0. The molecule has 0 saturated carbocycles. The lowest BCUT2D eigenvalue weighted by atomic mass is 10.0. The minimum Gasteiger partial charge on any atom is -0.411 e. The summed E-state index contributed by atoms with van der Waals surface area (Å²) >= 11 is 0. The quantitative estimate of drug-likeness (QED) is 0.373. The Morgan fingerprint density at radius 2 is 2.44 bits per heavy atom. The molecule has 0 spiro atoms. The summed E-state index contributed by atoms with van der Waals surface area (Å²) in [6, 6.07) is 0. The zero-order valence-corrected chi connectivity index (χ0v) is 5.17. The van der Waals surface area contributed by atoms with E-state index in [1.165, 1.54) is 0 Å². The molecule has 0 aromatic heterocycles. The number of hydrogen-bond acceptors (Lipinski definition) is 3. The lowest BCUT2D eigenvalue weighted by molar-refractivity contribution is 0.317. The van der Waals surface area contributed by atoms with Crippen molar-refractivity contribution in [1.82, 2.24) is 0 Å². The van der Waals surface area contributed by atoms with Gasteiger partial charge in [-0.15, -0.1) is 0 Å². The molecule has 3 heteroatoms. The molecule has 9 heavy (non-hydrogen) atoms. The normalized spacial score (nSPS) is 24.0. The smallest absolute Gasteiger partial charge is 0.102 e. The van der Waals surface area contributed by atoms with Crippen molar-refractivity contribution in [2.75, 3.05) is 0 Å². The maximum atomic E-state index is 8.33. The average molecular weight is 126 g/mol. The van der Waals surface area contributed by atoms with Gasteiger partial charge in [0.2, 0.25) is 0 Å². The Bertz CT molecular complexity index is 160. The maximum Gasteiger partial charge on any atom is 0.102 e. The zero-order chi connectivity index (χ0) is 6.69. The van der Waals surface area contributed by atoms with Gasteiger partial charge >= 0.3 is 0 Å². The van der Waals surface area contributed by atoms with Crippen LogP contribution in [0.3, 0.4) is 0 Å². The summed E-state index contributed by atoms with van der Waals surface area (Å²) < 4.78 is 0. The lowest BCUT2D eigenvalue weighted by Gasteiger charge is -2.08. The molecule has 50 valence electrons. The molecule has 0 aromatic carbocycles. The molecular formula is C6H10N2O. The highest BCUT2D eigenvalue weighted by Gasteiger charge is 2.07. The van der Waals surface area contributed by atoms with Crippen molar-refractivity contribution < 1.29 is 5.21 Å². The van der Waals surface area contributed by atoms with E-state index in [0.717, 1.165) is 19.3 Å². The molecule has 0 heterocycles. The number of allylic oxidation sites excluding steroid dienone is 2. The van der Waals surface area contributed by atoms with E-state index in [9.17, 15) is 0 Å². The van der Waals surface area contributed by atoms with Gasteiger partial charge in [-0.1, -0.05) is 11.2 Å². The Kier molecular flexibility index (Phi) is 1.72. The van der Waals surface area contributed by atoms with E-state index in [2.05, 4.69) is 5.16 Å². The summed E-state index contributed by atoms with van der Waals surface area (Å²) in [6.07, 6.45) is 4.74. The highest BCUT2D eigenvalue weighted by atomic mass is 16.4. The van der Waals surface area contributed by atoms with Crippen LogP contribution in [-0.4, -0.2) is 10.9 Å². The lowest BCUT2D eigenvalue weighted by Crippen LogP contribution is -2.14. The van der Waals surface area contributed by atoms with Crippen molar-refractivity contribution in [3.63, 3.8) is 0 Å². The highest BCUT2D eigenvalue weighted by Crippen LogP contribution is 2.10. The standard InChI is InChI=1S/C6H10N2O/c7-5-3-1-2-4-6(5)8-9/h3,9H,1-2,4,7H2. The van der Waals surface area contributed by atoms with Gasteiger partial charge in [-0.25, -0.2) is 0 Å².